The zero-order valence-electron chi connectivity index (χ0n) is 11.4. The number of hydrogen-bond donors (Lipinski definition) is 2. The highest BCUT2D eigenvalue weighted by Gasteiger charge is 2.19. The Balaban J connectivity index is 2.30. The maximum absolute atomic E-state index is 11.5. The minimum absolute atomic E-state index is 0.524. The molecule has 1 unspecified atom stereocenters. The van der Waals surface area contributed by atoms with E-state index in [1.165, 1.54) is 5.56 Å². The van der Waals surface area contributed by atoms with Gasteiger partial charge in [-0.3, -0.25) is 0 Å². The molecule has 0 aromatic heterocycles. The number of aryl methyl sites for hydroxylation is 2. The summed E-state index contributed by atoms with van der Waals surface area (Å²) < 4.78 is 0. The molecule has 0 heterocycles. The number of carbonyl (C=O) groups is 1. The molecule has 0 amide bonds. The summed E-state index contributed by atoms with van der Waals surface area (Å²) >= 11 is 5.92. The van der Waals surface area contributed by atoms with E-state index in [2.05, 4.69) is 5.32 Å². The van der Waals surface area contributed by atoms with Crippen molar-refractivity contribution in [3.8, 4) is 0 Å². The Hall–Kier alpha value is -2.00. The fourth-order valence-corrected chi connectivity index (χ4v) is 2.17. The Morgan fingerprint density at radius 3 is 2.50 bits per heavy atom. The molecule has 0 bridgehead atoms. The van der Waals surface area contributed by atoms with E-state index in [4.69, 9.17) is 11.6 Å². The summed E-state index contributed by atoms with van der Waals surface area (Å²) in [4.78, 5) is 11.5. The molecule has 0 fully saturated rings. The maximum Gasteiger partial charge on any atom is 0.330 e. The van der Waals surface area contributed by atoms with Crippen molar-refractivity contribution in [3.63, 3.8) is 0 Å². The number of aliphatic carboxylic acids is 1. The molecule has 2 N–H and O–H groups in total. The SMILES string of the molecule is Cc1ccc(NC(C(=O)O)c2cccc(Cl)c2)cc1C. The van der Waals surface area contributed by atoms with Crippen molar-refractivity contribution in [2.24, 2.45) is 0 Å². The van der Waals surface area contributed by atoms with E-state index in [9.17, 15) is 9.90 Å². The maximum atomic E-state index is 11.5. The van der Waals surface area contributed by atoms with E-state index in [-0.39, 0.29) is 0 Å². The second-order valence-corrected chi connectivity index (χ2v) is 5.21. The number of rotatable bonds is 4. The summed E-state index contributed by atoms with van der Waals surface area (Å²) in [6.07, 6.45) is 0. The minimum atomic E-state index is -0.939. The molecule has 0 spiro atoms. The van der Waals surface area contributed by atoms with Gasteiger partial charge < -0.3 is 10.4 Å². The number of carboxylic acids is 1. The lowest BCUT2D eigenvalue weighted by Gasteiger charge is -2.17. The Labute approximate surface area is 123 Å². The van der Waals surface area contributed by atoms with Gasteiger partial charge in [0.25, 0.3) is 0 Å². The van der Waals surface area contributed by atoms with Gasteiger partial charge in [-0.05, 0) is 54.8 Å². The first kappa shape index (κ1) is 14.4. The van der Waals surface area contributed by atoms with Gasteiger partial charge in [0.1, 0.15) is 0 Å². The highest BCUT2D eigenvalue weighted by molar-refractivity contribution is 6.30. The van der Waals surface area contributed by atoms with E-state index in [1.807, 2.05) is 32.0 Å². The molecule has 1 atom stereocenters. The molecule has 0 aliphatic carbocycles. The number of benzene rings is 2. The molecule has 2 aromatic carbocycles. The van der Waals surface area contributed by atoms with Crippen molar-refractivity contribution in [3.05, 3.63) is 64.2 Å². The average Bonchev–Trinajstić information content (AvgIpc) is 2.39. The fourth-order valence-electron chi connectivity index (χ4n) is 1.97. The molecule has 0 saturated heterocycles. The van der Waals surface area contributed by atoms with E-state index < -0.39 is 12.0 Å². The summed E-state index contributed by atoms with van der Waals surface area (Å²) in [7, 11) is 0. The Kier molecular flexibility index (Phi) is 4.30. The van der Waals surface area contributed by atoms with Gasteiger partial charge in [0.15, 0.2) is 6.04 Å². The average molecular weight is 290 g/mol. The van der Waals surface area contributed by atoms with E-state index in [1.54, 1.807) is 24.3 Å². The summed E-state index contributed by atoms with van der Waals surface area (Å²) in [5.74, 6) is -0.939. The van der Waals surface area contributed by atoms with E-state index in [0.29, 0.717) is 10.6 Å². The molecule has 2 rings (SSSR count). The lowest BCUT2D eigenvalue weighted by molar-refractivity contribution is -0.138. The van der Waals surface area contributed by atoms with E-state index >= 15 is 0 Å². The van der Waals surface area contributed by atoms with Crippen LogP contribution in [0.4, 0.5) is 5.69 Å². The van der Waals surface area contributed by atoms with Crippen LogP contribution in [0.3, 0.4) is 0 Å². The highest BCUT2D eigenvalue weighted by atomic mass is 35.5. The van der Waals surface area contributed by atoms with Crippen LogP contribution in [0.2, 0.25) is 5.02 Å². The number of nitrogens with one attached hydrogen (secondary N) is 1. The van der Waals surface area contributed by atoms with Crippen molar-refractivity contribution < 1.29 is 9.90 Å². The molecule has 2 aromatic rings. The predicted molar refractivity (Wildman–Crippen MR) is 81.4 cm³/mol. The molecule has 20 heavy (non-hydrogen) atoms. The fraction of sp³-hybridized carbons (Fsp3) is 0.188. The molecule has 0 aliphatic heterocycles. The first-order valence-corrected chi connectivity index (χ1v) is 6.67. The summed E-state index contributed by atoms with van der Waals surface area (Å²) in [6.45, 7) is 4.01. The molecule has 104 valence electrons. The summed E-state index contributed by atoms with van der Waals surface area (Å²) in [6, 6.07) is 11.8. The summed E-state index contributed by atoms with van der Waals surface area (Å²) in [5, 5.41) is 13.0. The van der Waals surface area contributed by atoms with Gasteiger partial charge in [0.2, 0.25) is 0 Å². The third-order valence-electron chi connectivity index (χ3n) is 3.25. The van der Waals surface area contributed by atoms with Crippen LogP contribution in [0, 0.1) is 13.8 Å². The molecule has 0 radical (unpaired) electrons. The second kappa shape index (κ2) is 5.97. The number of anilines is 1. The first-order valence-electron chi connectivity index (χ1n) is 6.29. The zero-order valence-corrected chi connectivity index (χ0v) is 12.1. The van der Waals surface area contributed by atoms with Crippen molar-refractivity contribution in [2.45, 2.75) is 19.9 Å². The van der Waals surface area contributed by atoms with Gasteiger partial charge in [0.05, 0.1) is 0 Å². The van der Waals surface area contributed by atoms with Crippen molar-refractivity contribution >= 4 is 23.3 Å². The van der Waals surface area contributed by atoms with E-state index in [0.717, 1.165) is 11.3 Å². The molecular weight excluding hydrogens is 274 g/mol. The van der Waals surface area contributed by atoms with Crippen LogP contribution in [0.1, 0.15) is 22.7 Å². The normalized spacial score (nSPS) is 11.9. The van der Waals surface area contributed by atoms with Crippen LogP contribution in [-0.4, -0.2) is 11.1 Å². The standard InChI is InChI=1S/C16H16ClNO2/c1-10-6-7-14(8-11(10)2)18-15(16(19)20)12-4-3-5-13(17)9-12/h3-9,15,18H,1-2H3,(H,19,20). The third-order valence-corrected chi connectivity index (χ3v) is 3.48. The van der Waals surface area contributed by atoms with Crippen molar-refractivity contribution in [2.75, 3.05) is 5.32 Å². The van der Waals surface area contributed by atoms with Crippen LogP contribution < -0.4 is 5.32 Å². The summed E-state index contributed by atoms with van der Waals surface area (Å²) in [5.41, 5.74) is 3.69. The molecule has 0 aliphatic rings. The number of halogens is 1. The monoisotopic (exact) mass is 289 g/mol. The Bertz CT molecular complexity index is 640. The van der Waals surface area contributed by atoms with Crippen molar-refractivity contribution in [1.82, 2.24) is 0 Å². The quantitative estimate of drug-likeness (QED) is 0.887. The van der Waals surface area contributed by atoms with Crippen molar-refractivity contribution in [1.29, 1.82) is 0 Å². The second-order valence-electron chi connectivity index (χ2n) is 4.77. The number of carboxylic acid groups (broad SMARTS) is 1. The lowest BCUT2D eigenvalue weighted by Crippen LogP contribution is -2.20. The largest absolute Gasteiger partial charge is 0.479 e. The predicted octanol–water partition coefficient (Wildman–Crippen LogP) is 4.19. The van der Waals surface area contributed by atoms with Gasteiger partial charge >= 0.3 is 5.97 Å². The first-order chi connectivity index (χ1) is 9.47. The minimum Gasteiger partial charge on any atom is -0.479 e. The molecular formula is C16H16ClNO2. The van der Waals surface area contributed by atoms with Gasteiger partial charge in [0, 0.05) is 10.7 Å². The van der Waals surface area contributed by atoms with Crippen LogP contribution >= 0.6 is 11.6 Å². The Morgan fingerprint density at radius 2 is 1.90 bits per heavy atom. The van der Waals surface area contributed by atoms with Gasteiger partial charge in [-0.25, -0.2) is 4.79 Å². The molecule has 0 saturated carbocycles. The zero-order chi connectivity index (χ0) is 14.7. The lowest BCUT2D eigenvalue weighted by atomic mass is 10.1. The third kappa shape index (κ3) is 3.31. The van der Waals surface area contributed by atoms with Crippen LogP contribution in [0.25, 0.3) is 0 Å². The van der Waals surface area contributed by atoms with Crippen LogP contribution in [0.15, 0.2) is 42.5 Å². The molecule has 3 nitrogen and oxygen atoms in total. The number of hydrogen-bond acceptors (Lipinski definition) is 2. The highest BCUT2D eigenvalue weighted by Crippen LogP contribution is 2.24. The van der Waals surface area contributed by atoms with Gasteiger partial charge in [-0.2, -0.15) is 0 Å². The van der Waals surface area contributed by atoms with Gasteiger partial charge in [-0.15, -0.1) is 0 Å². The van der Waals surface area contributed by atoms with Crippen LogP contribution in [-0.2, 0) is 4.79 Å². The van der Waals surface area contributed by atoms with Gasteiger partial charge in [-0.1, -0.05) is 29.8 Å². The Morgan fingerprint density at radius 1 is 1.15 bits per heavy atom. The topological polar surface area (TPSA) is 49.3 Å². The van der Waals surface area contributed by atoms with Crippen LogP contribution in [0.5, 0.6) is 0 Å². The molecule has 4 heteroatoms. The smallest absolute Gasteiger partial charge is 0.330 e.